The summed E-state index contributed by atoms with van der Waals surface area (Å²) in [6.45, 7) is -0.719. The zero-order valence-corrected chi connectivity index (χ0v) is 13.8. The molecule has 0 radical (unpaired) electrons. The minimum absolute atomic E-state index is 0. The Morgan fingerprint density at radius 2 is 2.04 bits per heavy atom. The number of phosphoric acid groups is 1. The maximum absolute atomic E-state index is 10.5. The number of anilines is 1. The molecule has 12 nitrogen and oxygen atoms in total. The van der Waals surface area contributed by atoms with E-state index in [-0.39, 0.29) is 34.1 Å². The Labute approximate surface area is 145 Å². The number of nitrogens with zero attached hydrogens (tertiary/aromatic N) is 4. The summed E-state index contributed by atoms with van der Waals surface area (Å²) in [5.74, 6) is 0.125. The van der Waals surface area contributed by atoms with Crippen molar-refractivity contribution in [3.05, 3.63) is 12.7 Å². The van der Waals surface area contributed by atoms with E-state index in [9.17, 15) is 24.6 Å². The Morgan fingerprint density at radius 1 is 1.33 bits per heavy atom. The van der Waals surface area contributed by atoms with Crippen LogP contribution in [0, 0.1) is 0 Å². The molecule has 0 aliphatic carbocycles. The normalized spacial score (nSPS) is 27.3. The van der Waals surface area contributed by atoms with Crippen LogP contribution in [0.5, 0.6) is 0 Å². The van der Waals surface area contributed by atoms with Gasteiger partial charge in [-0.15, -0.1) is 0 Å². The minimum atomic E-state index is -5.22. The van der Waals surface area contributed by atoms with E-state index < -0.39 is 39.0 Å². The summed E-state index contributed by atoms with van der Waals surface area (Å²) in [4.78, 5) is 32.8. The number of hydrogen-bond donors (Lipinski definition) is 3. The number of aliphatic hydroxyl groups excluding tert-OH is 2. The summed E-state index contributed by atoms with van der Waals surface area (Å²) >= 11 is 0. The third-order valence-corrected chi connectivity index (χ3v) is 3.86. The molecule has 3 rings (SSSR count). The van der Waals surface area contributed by atoms with E-state index in [4.69, 9.17) is 10.5 Å². The minimum Gasteiger partial charge on any atom is -0.790 e. The Morgan fingerprint density at radius 3 is 2.71 bits per heavy atom. The molecule has 0 amide bonds. The maximum Gasteiger partial charge on any atom is 2.00 e. The van der Waals surface area contributed by atoms with E-state index in [1.165, 1.54) is 17.2 Å². The molecule has 1 aliphatic rings. The molecule has 0 spiro atoms. The van der Waals surface area contributed by atoms with Gasteiger partial charge in [0.1, 0.15) is 30.2 Å². The molecule has 24 heavy (non-hydrogen) atoms. The van der Waals surface area contributed by atoms with E-state index >= 15 is 0 Å². The molecular weight excluding hydrogens is 389 g/mol. The molecule has 2 aromatic heterocycles. The number of rotatable bonds is 4. The van der Waals surface area contributed by atoms with Gasteiger partial charge < -0.3 is 39.6 Å². The molecule has 1 saturated heterocycles. The SMILES string of the molecule is Nc1ncnc2c1ncn2[C@@H]1O[C@H](COP(=O)([O-])[O-])[C@@H](O)[C@H]1O.[Fe+2]. The summed E-state index contributed by atoms with van der Waals surface area (Å²) in [5, 5.41) is 20.0. The first-order valence-corrected chi connectivity index (χ1v) is 7.85. The van der Waals surface area contributed by atoms with Crippen LogP contribution >= 0.6 is 7.82 Å². The number of ether oxygens (including phenoxy) is 1. The molecule has 4 N–H and O–H groups in total. The topological polar surface area (TPSA) is 192 Å². The number of nitrogens with two attached hydrogens (primary N) is 1. The van der Waals surface area contributed by atoms with Gasteiger partial charge in [-0.25, -0.2) is 15.0 Å². The molecule has 1 fully saturated rings. The number of hydrogen-bond acceptors (Lipinski definition) is 11. The number of phosphoric ester groups is 1. The van der Waals surface area contributed by atoms with Crippen molar-refractivity contribution in [3.63, 3.8) is 0 Å². The predicted octanol–water partition coefficient (Wildman–Crippen LogP) is -3.13. The van der Waals surface area contributed by atoms with Crippen LogP contribution < -0.4 is 15.5 Å². The van der Waals surface area contributed by atoms with Gasteiger partial charge in [-0.05, 0) is 0 Å². The van der Waals surface area contributed by atoms with Gasteiger partial charge >= 0.3 is 17.1 Å². The van der Waals surface area contributed by atoms with Crippen LogP contribution in [-0.2, 0) is 30.9 Å². The number of fused-ring (bicyclic) bond motifs is 1. The molecule has 4 atom stereocenters. The number of imidazole rings is 1. The number of aromatic nitrogens is 4. The second-order valence-corrected chi connectivity index (χ2v) is 6.02. The van der Waals surface area contributed by atoms with Gasteiger partial charge in [0.25, 0.3) is 0 Å². The largest absolute Gasteiger partial charge is 2.00 e. The van der Waals surface area contributed by atoms with Crippen molar-refractivity contribution in [3.8, 4) is 0 Å². The van der Waals surface area contributed by atoms with E-state index in [0.717, 1.165) is 0 Å². The standard InChI is InChI=1S/C10H14N5O7P.Fe/c11-8-5-9(13-2-12-8)15(3-14-5)10-7(17)6(16)4(22-10)1-21-23(18,19)20;/h2-4,6-7,10,16-17H,1H2,(H2,11,12,13)(H2,18,19,20);/q;+2/p-2/t4-,6-,7-,10-;/m1./s1. The van der Waals surface area contributed by atoms with Crippen molar-refractivity contribution in [1.29, 1.82) is 0 Å². The fraction of sp³-hybridized carbons (Fsp3) is 0.500. The molecule has 0 unspecified atom stereocenters. The first kappa shape index (κ1) is 19.2. The summed E-state index contributed by atoms with van der Waals surface area (Å²) in [7, 11) is -5.22. The molecule has 0 aromatic carbocycles. The van der Waals surface area contributed by atoms with E-state index in [2.05, 4.69) is 19.5 Å². The summed E-state index contributed by atoms with van der Waals surface area (Å²) in [6.07, 6.45) is -2.75. The number of aliphatic hydroxyl groups is 2. The van der Waals surface area contributed by atoms with Crippen molar-refractivity contribution < 1.29 is 50.9 Å². The molecule has 0 bridgehead atoms. The Bertz CT molecular complexity index is 769. The van der Waals surface area contributed by atoms with Crippen molar-refractivity contribution in [2.75, 3.05) is 12.3 Å². The van der Waals surface area contributed by atoms with Gasteiger partial charge in [0.2, 0.25) is 0 Å². The van der Waals surface area contributed by atoms with E-state index in [1.54, 1.807) is 0 Å². The van der Waals surface area contributed by atoms with Crippen LogP contribution in [-0.4, -0.2) is 54.7 Å². The average Bonchev–Trinajstić information content (AvgIpc) is 3.01. The van der Waals surface area contributed by atoms with Crippen LogP contribution in [0.25, 0.3) is 11.2 Å². The van der Waals surface area contributed by atoms with Gasteiger partial charge in [-0.2, -0.15) is 0 Å². The molecule has 0 saturated carbocycles. The van der Waals surface area contributed by atoms with Gasteiger partial charge in [0.15, 0.2) is 17.7 Å². The van der Waals surface area contributed by atoms with Gasteiger partial charge in [-0.1, -0.05) is 0 Å². The zero-order chi connectivity index (χ0) is 16.8. The van der Waals surface area contributed by atoms with Crippen LogP contribution in [0.2, 0.25) is 0 Å². The predicted molar refractivity (Wildman–Crippen MR) is 69.2 cm³/mol. The van der Waals surface area contributed by atoms with Crippen molar-refractivity contribution >= 4 is 24.8 Å². The van der Waals surface area contributed by atoms with Crippen LogP contribution in [0.1, 0.15) is 6.23 Å². The first-order valence-electron chi connectivity index (χ1n) is 6.39. The van der Waals surface area contributed by atoms with Gasteiger partial charge in [0, 0.05) is 0 Å². The molecule has 2 aromatic rings. The molecular formula is C10H12FeN5O7P. The second kappa shape index (κ2) is 7.00. The van der Waals surface area contributed by atoms with Crippen LogP contribution in [0.3, 0.4) is 0 Å². The monoisotopic (exact) mass is 401 g/mol. The Kier molecular flexibility index (Phi) is 5.60. The van der Waals surface area contributed by atoms with Crippen LogP contribution in [0.15, 0.2) is 12.7 Å². The quantitative estimate of drug-likeness (QED) is 0.347. The number of nitrogen functional groups attached to an aromatic ring is 1. The molecule has 3 heterocycles. The summed E-state index contributed by atoms with van der Waals surface area (Å²) in [6, 6.07) is 0. The first-order chi connectivity index (χ1) is 10.8. The smallest absolute Gasteiger partial charge is 0.790 e. The third kappa shape index (κ3) is 3.59. The zero-order valence-electron chi connectivity index (χ0n) is 11.8. The average molecular weight is 401 g/mol. The third-order valence-electron chi connectivity index (χ3n) is 3.40. The van der Waals surface area contributed by atoms with Crippen molar-refractivity contribution in [1.82, 2.24) is 19.5 Å². The Balaban J connectivity index is 0.00000208. The summed E-state index contributed by atoms with van der Waals surface area (Å²) < 4.78 is 21.3. The van der Waals surface area contributed by atoms with Gasteiger partial charge in [-0.3, -0.25) is 4.57 Å². The summed E-state index contributed by atoms with van der Waals surface area (Å²) in [5.41, 5.74) is 6.19. The van der Waals surface area contributed by atoms with Crippen molar-refractivity contribution in [2.24, 2.45) is 0 Å². The fourth-order valence-corrected chi connectivity index (χ4v) is 2.65. The maximum atomic E-state index is 10.5. The van der Waals surface area contributed by atoms with Crippen LogP contribution in [0.4, 0.5) is 5.82 Å². The Hall–Kier alpha value is -1.14. The molecule has 1 aliphatic heterocycles. The molecule has 14 heteroatoms. The van der Waals surface area contributed by atoms with Gasteiger partial charge in [0.05, 0.1) is 20.8 Å². The van der Waals surface area contributed by atoms with E-state index in [1.807, 2.05) is 0 Å². The second-order valence-electron chi connectivity index (χ2n) is 4.87. The van der Waals surface area contributed by atoms with E-state index in [0.29, 0.717) is 0 Å². The molecule has 132 valence electrons. The van der Waals surface area contributed by atoms with Crippen molar-refractivity contribution in [2.45, 2.75) is 24.5 Å². The fourth-order valence-electron chi connectivity index (χ4n) is 2.32.